The van der Waals surface area contributed by atoms with Gasteiger partial charge in [0.05, 0.1) is 5.69 Å². The Morgan fingerprint density at radius 3 is 2.83 bits per heavy atom. The average Bonchev–Trinajstić information content (AvgIpc) is 2.57. The van der Waals surface area contributed by atoms with E-state index < -0.39 is 0 Å². The lowest BCUT2D eigenvalue weighted by Crippen LogP contribution is -1.83. The summed E-state index contributed by atoms with van der Waals surface area (Å²) in [5.41, 5.74) is 0.899. The maximum absolute atomic E-state index is 13.1. The van der Waals surface area contributed by atoms with Crippen molar-refractivity contribution in [2.45, 2.75) is 0 Å². The van der Waals surface area contributed by atoms with Crippen molar-refractivity contribution in [3.63, 3.8) is 0 Å². The smallest absolute Gasteiger partial charge is 0.143 e. The molecule has 3 nitrogen and oxygen atoms in total. The summed E-state index contributed by atoms with van der Waals surface area (Å²) in [4.78, 5) is 0. The summed E-state index contributed by atoms with van der Waals surface area (Å²) in [6.45, 7) is 0. The molecule has 0 saturated carbocycles. The summed E-state index contributed by atoms with van der Waals surface area (Å²) in [7, 11) is 0. The van der Waals surface area contributed by atoms with E-state index in [0.717, 1.165) is 0 Å². The SMILES string of the molecule is Fc1ccccc1-c1[c]nn[nH]1. The summed E-state index contributed by atoms with van der Waals surface area (Å²) >= 11 is 0. The van der Waals surface area contributed by atoms with E-state index in [2.05, 4.69) is 21.6 Å². The monoisotopic (exact) mass is 162 g/mol. The number of hydrogen-bond donors (Lipinski definition) is 1. The van der Waals surface area contributed by atoms with Crippen LogP contribution in [-0.4, -0.2) is 15.4 Å². The summed E-state index contributed by atoms with van der Waals surface area (Å²) in [5, 5.41) is 9.42. The molecule has 59 valence electrons. The molecule has 1 radical (unpaired) electrons. The normalized spacial score (nSPS) is 10.1. The summed E-state index contributed by atoms with van der Waals surface area (Å²) in [6, 6.07) is 6.39. The van der Waals surface area contributed by atoms with Crippen LogP contribution in [0.25, 0.3) is 11.3 Å². The van der Waals surface area contributed by atoms with Crippen molar-refractivity contribution < 1.29 is 4.39 Å². The first-order chi connectivity index (χ1) is 5.88. The Morgan fingerprint density at radius 2 is 2.17 bits per heavy atom. The van der Waals surface area contributed by atoms with Gasteiger partial charge in [-0.1, -0.05) is 17.3 Å². The Balaban J connectivity index is 2.55. The average molecular weight is 162 g/mol. The van der Waals surface area contributed by atoms with Crippen LogP contribution in [0.5, 0.6) is 0 Å². The van der Waals surface area contributed by atoms with Gasteiger partial charge in [0, 0.05) is 5.56 Å². The standard InChI is InChI=1S/C8H5FN3/c9-7-4-2-1-3-6(7)8-5-10-12-11-8/h1-4H,(H,10,11,12). The maximum Gasteiger partial charge on any atom is 0.143 e. The van der Waals surface area contributed by atoms with Gasteiger partial charge < -0.3 is 0 Å². The van der Waals surface area contributed by atoms with Gasteiger partial charge in [-0.05, 0) is 12.1 Å². The second-order valence-corrected chi connectivity index (χ2v) is 2.28. The zero-order chi connectivity index (χ0) is 8.39. The topological polar surface area (TPSA) is 41.6 Å². The molecule has 0 spiro atoms. The maximum atomic E-state index is 13.1. The van der Waals surface area contributed by atoms with Gasteiger partial charge in [-0.15, -0.1) is 5.10 Å². The van der Waals surface area contributed by atoms with Gasteiger partial charge in [0.15, 0.2) is 0 Å². The lowest BCUT2D eigenvalue weighted by molar-refractivity contribution is 0.630. The Labute approximate surface area is 68.2 Å². The van der Waals surface area contributed by atoms with Crippen LogP contribution in [0.15, 0.2) is 24.3 Å². The number of H-pyrrole nitrogens is 1. The third-order valence-corrected chi connectivity index (χ3v) is 1.52. The number of rotatable bonds is 1. The molecule has 0 atom stereocenters. The molecule has 4 heteroatoms. The molecule has 2 aromatic rings. The second-order valence-electron chi connectivity index (χ2n) is 2.28. The Hall–Kier alpha value is -1.71. The number of aromatic amines is 1. The number of aromatic nitrogens is 3. The largest absolute Gasteiger partial charge is 0.257 e. The van der Waals surface area contributed by atoms with Crippen molar-refractivity contribution in [2.75, 3.05) is 0 Å². The molecule has 2 rings (SSSR count). The van der Waals surface area contributed by atoms with Gasteiger partial charge in [-0.2, -0.15) is 0 Å². The molecule has 1 heterocycles. The van der Waals surface area contributed by atoms with E-state index in [1.54, 1.807) is 18.2 Å². The van der Waals surface area contributed by atoms with E-state index in [9.17, 15) is 4.39 Å². The number of benzene rings is 1. The fourth-order valence-electron chi connectivity index (χ4n) is 0.959. The molecule has 0 unspecified atom stereocenters. The molecule has 0 aliphatic heterocycles. The van der Waals surface area contributed by atoms with Crippen molar-refractivity contribution in [2.24, 2.45) is 0 Å². The fourth-order valence-corrected chi connectivity index (χ4v) is 0.959. The van der Waals surface area contributed by atoms with Crippen molar-refractivity contribution in [1.29, 1.82) is 0 Å². The first-order valence-corrected chi connectivity index (χ1v) is 3.41. The van der Waals surface area contributed by atoms with Gasteiger partial charge in [0.25, 0.3) is 0 Å². The Kier molecular flexibility index (Phi) is 1.59. The molecule has 0 aliphatic carbocycles. The van der Waals surface area contributed by atoms with E-state index in [0.29, 0.717) is 11.3 Å². The summed E-state index contributed by atoms with van der Waals surface area (Å²) in [5.74, 6) is -0.306. The van der Waals surface area contributed by atoms with Gasteiger partial charge >= 0.3 is 0 Å². The molecule has 1 aromatic heterocycles. The number of nitrogens with zero attached hydrogens (tertiary/aromatic N) is 2. The number of halogens is 1. The van der Waals surface area contributed by atoms with Gasteiger partial charge in [0.1, 0.15) is 12.0 Å². The minimum absolute atomic E-state index is 0.306. The molecular weight excluding hydrogens is 157 g/mol. The van der Waals surface area contributed by atoms with E-state index >= 15 is 0 Å². The first-order valence-electron chi connectivity index (χ1n) is 3.41. The van der Waals surface area contributed by atoms with E-state index in [1.807, 2.05) is 0 Å². The highest BCUT2D eigenvalue weighted by Crippen LogP contribution is 2.17. The van der Waals surface area contributed by atoms with E-state index in [1.165, 1.54) is 6.07 Å². The predicted molar refractivity (Wildman–Crippen MR) is 40.6 cm³/mol. The van der Waals surface area contributed by atoms with E-state index in [-0.39, 0.29) is 5.82 Å². The molecular formula is C8H5FN3. The van der Waals surface area contributed by atoms with Crippen LogP contribution in [0.3, 0.4) is 0 Å². The summed E-state index contributed by atoms with van der Waals surface area (Å²) < 4.78 is 13.1. The highest BCUT2D eigenvalue weighted by Gasteiger charge is 2.04. The van der Waals surface area contributed by atoms with Gasteiger partial charge in [-0.3, -0.25) is 5.10 Å². The predicted octanol–water partition coefficient (Wildman–Crippen LogP) is 1.41. The van der Waals surface area contributed by atoms with Crippen molar-refractivity contribution in [1.82, 2.24) is 15.4 Å². The molecule has 12 heavy (non-hydrogen) atoms. The molecule has 0 saturated heterocycles. The molecule has 1 aromatic carbocycles. The minimum Gasteiger partial charge on any atom is -0.257 e. The molecule has 0 aliphatic rings. The number of nitrogens with one attached hydrogen (secondary N) is 1. The number of hydrogen-bond acceptors (Lipinski definition) is 2. The Bertz CT molecular complexity index is 370. The highest BCUT2D eigenvalue weighted by atomic mass is 19.1. The molecule has 0 fully saturated rings. The van der Waals surface area contributed by atoms with Crippen LogP contribution in [0.2, 0.25) is 0 Å². The van der Waals surface area contributed by atoms with Gasteiger partial charge in [0.2, 0.25) is 0 Å². The minimum atomic E-state index is -0.306. The van der Waals surface area contributed by atoms with Crippen molar-refractivity contribution in [3.8, 4) is 11.3 Å². The molecule has 0 amide bonds. The van der Waals surface area contributed by atoms with Crippen LogP contribution in [0, 0.1) is 12.0 Å². The lowest BCUT2D eigenvalue weighted by Gasteiger charge is -1.95. The summed E-state index contributed by atoms with van der Waals surface area (Å²) in [6.07, 6.45) is 2.54. The molecule has 0 bridgehead atoms. The quantitative estimate of drug-likeness (QED) is 0.688. The Morgan fingerprint density at radius 1 is 1.33 bits per heavy atom. The lowest BCUT2D eigenvalue weighted by atomic mass is 10.1. The van der Waals surface area contributed by atoms with Crippen LogP contribution >= 0.6 is 0 Å². The first kappa shape index (κ1) is 6.97. The third kappa shape index (κ3) is 1.07. The third-order valence-electron chi connectivity index (χ3n) is 1.52. The van der Waals surface area contributed by atoms with Crippen LogP contribution in [0.4, 0.5) is 4.39 Å². The van der Waals surface area contributed by atoms with Crippen LogP contribution in [-0.2, 0) is 0 Å². The molecule has 1 N–H and O–H groups in total. The van der Waals surface area contributed by atoms with Crippen molar-refractivity contribution >= 4 is 0 Å². The van der Waals surface area contributed by atoms with Crippen LogP contribution in [0.1, 0.15) is 0 Å². The van der Waals surface area contributed by atoms with E-state index in [4.69, 9.17) is 0 Å². The highest BCUT2D eigenvalue weighted by molar-refractivity contribution is 5.57. The fraction of sp³-hybridized carbons (Fsp3) is 0. The van der Waals surface area contributed by atoms with Crippen LogP contribution < -0.4 is 0 Å². The van der Waals surface area contributed by atoms with Gasteiger partial charge in [-0.25, -0.2) is 4.39 Å². The van der Waals surface area contributed by atoms with Crippen molar-refractivity contribution in [3.05, 3.63) is 36.3 Å². The zero-order valence-corrected chi connectivity index (χ0v) is 6.08. The second kappa shape index (κ2) is 2.73. The zero-order valence-electron chi connectivity index (χ0n) is 6.08.